The number of halogens is 1. The fourth-order valence-corrected chi connectivity index (χ4v) is 6.14. The normalized spacial score (nSPS) is 22.6. The number of ketones is 1. The molecule has 2 aromatic carbocycles. The summed E-state index contributed by atoms with van der Waals surface area (Å²) in [5, 5.41) is 5.72. The molecule has 1 fully saturated rings. The molecule has 5 heteroatoms. The maximum absolute atomic E-state index is 13.5. The first-order chi connectivity index (χ1) is 16.1. The molecule has 0 N–H and O–H groups in total. The van der Waals surface area contributed by atoms with Crippen LogP contribution in [0.15, 0.2) is 67.0 Å². The van der Waals surface area contributed by atoms with Crippen molar-refractivity contribution in [3.8, 4) is 5.69 Å². The van der Waals surface area contributed by atoms with Crippen molar-refractivity contribution in [2.75, 3.05) is 0 Å². The molecule has 2 aliphatic carbocycles. The van der Waals surface area contributed by atoms with Gasteiger partial charge >= 0.3 is 0 Å². The highest BCUT2D eigenvalue weighted by atomic mass is 19.1. The van der Waals surface area contributed by atoms with E-state index in [0.717, 1.165) is 54.4 Å². The first-order valence-electron chi connectivity index (χ1n) is 11.8. The Morgan fingerprint density at radius 2 is 1.97 bits per heavy atom. The van der Waals surface area contributed by atoms with E-state index in [4.69, 9.17) is 0 Å². The molecule has 0 bridgehead atoms. The molecule has 4 nitrogen and oxygen atoms in total. The molecule has 0 amide bonds. The van der Waals surface area contributed by atoms with E-state index < -0.39 is 0 Å². The zero-order chi connectivity index (χ0) is 22.4. The fraction of sp³-hybridized carbons (Fsp3) is 0.321. The predicted octanol–water partition coefficient (Wildman–Crippen LogP) is 5.75. The van der Waals surface area contributed by atoms with E-state index >= 15 is 0 Å². The topological polar surface area (TPSA) is 47.8 Å². The van der Waals surface area contributed by atoms with Crippen molar-refractivity contribution >= 4 is 16.7 Å². The molecule has 0 unspecified atom stereocenters. The summed E-state index contributed by atoms with van der Waals surface area (Å²) in [5.74, 6) is 0.482. The van der Waals surface area contributed by atoms with Crippen LogP contribution in [0.1, 0.15) is 48.9 Å². The van der Waals surface area contributed by atoms with E-state index in [1.165, 1.54) is 23.3 Å². The van der Waals surface area contributed by atoms with Crippen molar-refractivity contribution in [1.29, 1.82) is 0 Å². The van der Waals surface area contributed by atoms with Gasteiger partial charge in [-0.05, 0) is 97.7 Å². The number of nitrogens with zero attached hydrogens (tertiary/aromatic N) is 3. The lowest BCUT2D eigenvalue weighted by Gasteiger charge is -2.44. The minimum Gasteiger partial charge on any atom is -0.300 e. The van der Waals surface area contributed by atoms with Gasteiger partial charge in [0.25, 0.3) is 0 Å². The van der Waals surface area contributed by atoms with E-state index in [9.17, 15) is 9.18 Å². The third-order valence-corrected chi connectivity index (χ3v) is 7.73. The number of pyridine rings is 1. The van der Waals surface area contributed by atoms with Gasteiger partial charge < -0.3 is 0 Å². The highest BCUT2D eigenvalue weighted by Gasteiger charge is 2.46. The van der Waals surface area contributed by atoms with Gasteiger partial charge in [-0.2, -0.15) is 5.10 Å². The zero-order valence-corrected chi connectivity index (χ0v) is 18.5. The molecule has 2 aromatic heterocycles. The monoisotopic (exact) mass is 439 g/mol. The standard InChI is InChI=1S/C28H26FN3O/c29-22-7-9-24(10-8-22)32-27-15-19-4-3-5-21-16-25(33)11-12-28(21,17-23-6-1-2-13-30-23)26(19)14-20(27)18-31-32/h1-2,6-10,13-15,18,21H,3-5,11-12,16-17H2/t21-,28-/m0/s1. The number of carbonyl (C=O) groups excluding carboxylic acids is 1. The van der Waals surface area contributed by atoms with Crippen LogP contribution in [0, 0.1) is 11.7 Å². The SMILES string of the molecule is O=C1CC[C@@]2(Cc3ccccn3)c3cc4cnn(-c5ccc(F)cc5)c4cc3CCC[C@H]2C1. The molecule has 0 aliphatic heterocycles. The second-order valence-electron chi connectivity index (χ2n) is 9.59. The molecule has 6 rings (SSSR count). The highest BCUT2D eigenvalue weighted by Crippen LogP contribution is 2.51. The third-order valence-electron chi connectivity index (χ3n) is 7.73. The first-order valence-corrected chi connectivity index (χ1v) is 11.8. The molecule has 1 saturated carbocycles. The lowest BCUT2D eigenvalue weighted by Crippen LogP contribution is -2.42. The van der Waals surface area contributed by atoms with Crippen molar-refractivity contribution in [3.05, 3.63) is 89.6 Å². The summed E-state index contributed by atoms with van der Waals surface area (Å²) in [6.45, 7) is 0. The smallest absolute Gasteiger partial charge is 0.133 e. The van der Waals surface area contributed by atoms with E-state index in [1.807, 2.05) is 23.1 Å². The minimum absolute atomic E-state index is 0.0831. The molecule has 0 radical (unpaired) electrons. The second kappa shape index (κ2) is 7.91. The molecule has 2 aliphatic rings. The Labute approximate surface area is 192 Å². The van der Waals surface area contributed by atoms with Crippen molar-refractivity contribution < 1.29 is 9.18 Å². The second-order valence-corrected chi connectivity index (χ2v) is 9.59. The lowest BCUT2D eigenvalue weighted by atomic mass is 9.59. The molecule has 33 heavy (non-hydrogen) atoms. The Morgan fingerprint density at radius 3 is 2.79 bits per heavy atom. The van der Waals surface area contributed by atoms with Gasteiger partial charge in [0, 0.05) is 35.5 Å². The zero-order valence-electron chi connectivity index (χ0n) is 18.5. The lowest BCUT2D eigenvalue weighted by molar-refractivity contribution is -0.123. The summed E-state index contributed by atoms with van der Waals surface area (Å²) >= 11 is 0. The van der Waals surface area contributed by atoms with Gasteiger partial charge in [-0.3, -0.25) is 9.78 Å². The van der Waals surface area contributed by atoms with Gasteiger partial charge in [0.05, 0.1) is 17.4 Å². The Kier molecular flexibility index (Phi) is 4.86. The summed E-state index contributed by atoms with van der Waals surface area (Å²) in [5.41, 5.74) is 5.61. The van der Waals surface area contributed by atoms with E-state index in [0.29, 0.717) is 24.5 Å². The van der Waals surface area contributed by atoms with E-state index in [-0.39, 0.29) is 11.2 Å². The molecule has 0 saturated heterocycles. The van der Waals surface area contributed by atoms with Crippen LogP contribution >= 0.6 is 0 Å². The maximum Gasteiger partial charge on any atom is 0.133 e. The van der Waals surface area contributed by atoms with Gasteiger partial charge in [-0.25, -0.2) is 9.07 Å². The van der Waals surface area contributed by atoms with Gasteiger partial charge in [0.2, 0.25) is 0 Å². The molecular formula is C28H26FN3O. The Balaban J connectivity index is 1.52. The van der Waals surface area contributed by atoms with Gasteiger partial charge in [-0.1, -0.05) is 6.07 Å². The quantitative estimate of drug-likeness (QED) is 0.409. The molecule has 2 atom stereocenters. The van der Waals surface area contributed by atoms with Crippen LogP contribution < -0.4 is 0 Å². The maximum atomic E-state index is 13.5. The third kappa shape index (κ3) is 3.47. The number of fused-ring (bicyclic) bond motifs is 4. The average molecular weight is 440 g/mol. The number of rotatable bonds is 3. The number of Topliss-reactive ketones (excluding diaryl/α,β-unsaturated/α-hetero) is 1. The number of hydrogen-bond acceptors (Lipinski definition) is 3. The van der Waals surface area contributed by atoms with Gasteiger partial charge in [0.1, 0.15) is 11.6 Å². The van der Waals surface area contributed by atoms with Crippen molar-refractivity contribution in [3.63, 3.8) is 0 Å². The summed E-state index contributed by atoms with van der Waals surface area (Å²) in [6.07, 6.45) is 9.93. The van der Waals surface area contributed by atoms with Crippen molar-refractivity contribution in [1.82, 2.24) is 14.8 Å². The molecule has 0 spiro atoms. The van der Waals surface area contributed by atoms with Crippen molar-refractivity contribution in [2.45, 2.75) is 50.4 Å². The van der Waals surface area contributed by atoms with E-state index in [1.54, 1.807) is 12.1 Å². The Morgan fingerprint density at radius 1 is 1.09 bits per heavy atom. The highest BCUT2D eigenvalue weighted by molar-refractivity contribution is 5.84. The van der Waals surface area contributed by atoms with Gasteiger partial charge in [-0.15, -0.1) is 0 Å². The van der Waals surface area contributed by atoms with Crippen LogP contribution in [0.2, 0.25) is 0 Å². The Hall–Kier alpha value is -3.34. The van der Waals surface area contributed by atoms with Crippen LogP contribution in [-0.2, 0) is 23.1 Å². The Bertz CT molecular complexity index is 1330. The average Bonchev–Trinajstić information content (AvgIpc) is 3.18. The summed E-state index contributed by atoms with van der Waals surface area (Å²) < 4.78 is 15.4. The number of hydrogen-bond donors (Lipinski definition) is 0. The van der Waals surface area contributed by atoms with Gasteiger partial charge in [0.15, 0.2) is 0 Å². The molecule has 2 heterocycles. The van der Waals surface area contributed by atoms with Crippen LogP contribution in [0.3, 0.4) is 0 Å². The van der Waals surface area contributed by atoms with Crippen molar-refractivity contribution in [2.24, 2.45) is 5.92 Å². The fourth-order valence-electron chi connectivity index (χ4n) is 6.14. The largest absolute Gasteiger partial charge is 0.300 e. The summed E-state index contributed by atoms with van der Waals surface area (Å²) in [4.78, 5) is 17.1. The number of aryl methyl sites for hydroxylation is 1. The number of carbonyl (C=O) groups is 1. The molecule has 4 aromatic rings. The summed E-state index contributed by atoms with van der Waals surface area (Å²) in [6, 6.07) is 17.2. The van der Waals surface area contributed by atoms with Crippen LogP contribution in [0.25, 0.3) is 16.6 Å². The first kappa shape index (κ1) is 20.3. The van der Waals surface area contributed by atoms with Crippen LogP contribution in [0.4, 0.5) is 4.39 Å². The number of benzene rings is 2. The van der Waals surface area contributed by atoms with Crippen LogP contribution in [-0.4, -0.2) is 20.5 Å². The molecule has 166 valence electrons. The predicted molar refractivity (Wildman–Crippen MR) is 126 cm³/mol. The summed E-state index contributed by atoms with van der Waals surface area (Å²) in [7, 11) is 0. The van der Waals surface area contributed by atoms with Crippen LogP contribution in [0.5, 0.6) is 0 Å². The van der Waals surface area contributed by atoms with E-state index in [2.05, 4.69) is 34.3 Å². The number of aromatic nitrogens is 3. The minimum atomic E-state index is -0.251. The molecular weight excluding hydrogens is 413 g/mol.